The van der Waals surface area contributed by atoms with Crippen molar-refractivity contribution in [2.24, 2.45) is 0 Å². The van der Waals surface area contributed by atoms with Crippen molar-refractivity contribution >= 4 is 11.7 Å². The first-order valence-corrected chi connectivity index (χ1v) is 10.8. The molecule has 4 rings (SSSR count). The first-order chi connectivity index (χ1) is 16.8. The molecule has 0 atom stereocenters. The van der Waals surface area contributed by atoms with Gasteiger partial charge in [-0.2, -0.15) is 0 Å². The molecule has 4 aromatic rings. The minimum Gasteiger partial charge on any atom is -0.256 e. The molecule has 7 heteroatoms. The Bertz CT molecular complexity index is 1370. The fraction of sp³-hybridized carbons (Fsp3) is 0.107. The zero-order chi connectivity index (χ0) is 25.1. The van der Waals surface area contributed by atoms with E-state index in [1.807, 2.05) is 12.1 Å². The van der Waals surface area contributed by atoms with E-state index >= 15 is 0 Å². The zero-order valence-electron chi connectivity index (χ0n) is 18.6. The Labute approximate surface area is 198 Å². The number of nitrogens with zero attached hydrogens (tertiary/aromatic N) is 1. The lowest BCUT2D eigenvalue weighted by atomic mass is 10.0. The SMILES string of the molecule is CCCc1ccc(-c2ccc(/C(F)=C(\F)c3ccc(-c4cc(F)c(F)c(F)c4)c(F)c3)cc2)nc1. The molecule has 0 spiro atoms. The van der Waals surface area contributed by atoms with Gasteiger partial charge in [-0.15, -0.1) is 0 Å². The predicted molar refractivity (Wildman–Crippen MR) is 124 cm³/mol. The Morgan fingerprint density at radius 1 is 0.686 bits per heavy atom. The first kappa shape index (κ1) is 24.3. The van der Waals surface area contributed by atoms with Crippen molar-refractivity contribution in [3.05, 3.63) is 113 Å². The Morgan fingerprint density at radius 2 is 1.31 bits per heavy atom. The van der Waals surface area contributed by atoms with Crippen LogP contribution in [0.2, 0.25) is 0 Å². The number of halogens is 6. The third-order valence-corrected chi connectivity index (χ3v) is 5.51. The fourth-order valence-electron chi connectivity index (χ4n) is 3.67. The van der Waals surface area contributed by atoms with Gasteiger partial charge in [0.1, 0.15) is 5.82 Å². The molecular formula is C28H19F6N. The highest BCUT2D eigenvalue weighted by molar-refractivity contribution is 5.84. The summed E-state index contributed by atoms with van der Waals surface area (Å²) in [7, 11) is 0. The van der Waals surface area contributed by atoms with Crippen LogP contribution in [-0.2, 0) is 6.42 Å². The maximum atomic E-state index is 14.8. The first-order valence-electron chi connectivity index (χ1n) is 10.8. The molecule has 3 aromatic carbocycles. The van der Waals surface area contributed by atoms with E-state index in [9.17, 15) is 26.3 Å². The van der Waals surface area contributed by atoms with Crippen molar-refractivity contribution in [3.8, 4) is 22.4 Å². The van der Waals surface area contributed by atoms with E-state index in [4.69, 9.17) is 0 Å². The molecule has 1 heterocycles. The van der Waals surface area contributed by atoms with Gasteiger partial charge in [0.2, 0.25) is 0 Å². The lowest BCUT2D eigenvalue weighted by Crippen LogP contribution is -1.94. The Morgan fingerprint density at radius 3 is 1.89 bits per heavy atom. The molecule has 0 aliphatic heterocycles. The maximum Gasteiger partial charge on any atom is 0.194 e. The van der Waals surface area contributed by atoms with Gasteiger partial charge in [0, 0.05) is 28.5 Å². The molecule has 0 N–H and O–H groups in total. The standard InChI is InChI=1S/C28H19F6N/c1-2-3-16-4-11-25(35-15-16)17-5-7-18(8-6-17)26(32)27(33)19-9-10-21(22(29)12-19)20-13-23(30)28(34)24(31)14-20/h4-15H,2-3H2,1H3/b27-26+. The van der Waals surface area contributed by atoms with Crippen molar-refractivity contribution in [3.63, 3.8) is 0 Å². The van der Waals surface area contributed by atoms with E-state index in [2.05, 4.69) is 11.9 Å². The number of hydrogen-bond donors (Lipinski definition) is 0. The summed E-state index contributed by atoms with van der Waals surface area (Å²) in [4.78, 5) is 4.39. The van der Waals surface area contributed by atoms with E-state index < -0.39 is 40.5 Å². The fourth-order valence-corrected chi connectivity index (χ4v) is 3.67. The number of aryl methyl sites for hydroxylation is 1. The quantitative estimate of drug-likeness (QED) is 0.152. The average molecular weight is 483 g/mol. The van der Waals surface area contributed by atoms with Crippen molar-refractivity contribution in [2.45, 2.75) is 19.8 Å². The van der Waals surface area contributed by atoms with Crippen molar-refractivity contribution in [2.75, 3.05) is 0 Å². The second-order valence-corrected chi connectivity index (χ2v) is 7.96. The van der Waals surface area contributed by atoms with Crippen LogP contribution < -0.4 is 0 Å². The molecule has 1 nitrogen and oxygen atoms in total. The summed E-state index contributed by atoms with van der Waals surface area (Å²) in [6.45, 7) is 2.07. The summed E-state index contributed by atoms with van der Waals surface area (Å²) >= 11 is 0. The summed E-state index contributed by atoms with van der Waals surface area (Å²) in [6, 6.07) is 13.9. The molecule has 0 bridgehead atoms. The van der Waals surface area contributed by atoms with Crippen LogP contribution >= 0.6 is 0 Å². The molecule has 0 radical (unpaired) electrons. The average Bonchev–Trinajstić information content (AvgIpc) is 2.87. The number of rotatable bonds is 6. The highest BCUT2D eigenvalue weighted by Crippen LogP contribution is 2.33. The van der Waals surface area contributed by atoms with E-state index in [0.717, 1.165) is 36.1 Å². The Kier molecular flexibility index (Phi) is 7.05. The molecule has 0 aliphatic carbocycles. The van der Waals surface area contributed by atoms with Gasteiger partial charge < -0.3 is 0 Å². The largest absolute Gasteiger partial charge is 0.256 e. The smallest absolute Gasteiger partial charge is 0.194 e. The minimum absolute atomic E-state index is 0.0546. The highest BCUT2D eigenvalue weighted by Gasteiger charge is 2.17. The molecule has 0 amide bonds. The minimum atomic E-state index is -1.68. The maximum absolute atomic E-state index is 14.8. The molecule has 0 fully saturated rings. The van der Waals surface area contributed by atoms with Crippen LogP contribution in [0.3, 0.4) is 0 Å². The summed E-state index contributed by atoms with van der Waals surface area (Å²) < 4.78 is 84.3. The van der Waals surface area contributed by atoms with E-state index in [1.54, 1.807) is 18.3 Å². The number of aromatic nitrogens is 1. The van der Waals surface area contributed by atoms with Crippen LogP contribution in [0.15, 0.2) is 72.9 Å². The van der Waals surface area contributed by atoms with Crippen molar-refractivity contribution < 1.29 is 26.3 Å². The van der Waals surface area contributed by atoms with Gasteiger partial charge in [0.05, 0.1) is 5.69 Å². The summed E-state index contributed by atoms with van der Waals surface area (Å²) in [6.07, 6.45) is 3.70. The topological polar surface area (TPSA) is 12.9 Å². The van der Waals surface area contributed by atoms with Gasteiger partial charge in [-0.3, -0.25) is 4.98 Å². The van der Waals surface area contributed by atoms with Crippen LogP contribution in [0.25, 0.3) is 34.0 Å². The van der Waals surface area contributed by atoms with Gasteiger partial charge in [-0.1, -0.05) is 55.8 Å². The van der Waals surface area contributed by atoms with E-state index in [0.29, 0.717) is 23.9 Å². The lowest BCUT2D eigenvalue weighted by molar-refractivity contribution is 0.447. The summed E-state index contributed by atoms with van der Waals surface area (Å²) in [5.74, 6) is -8.22. The predicted octanol–water partition coefficient (Wildman–Crippen LogP) is 8.69. The van der Waals surface area contributed by atoms with Crippen LogP contribution in [0, 0.1) is 23.3 Å². The third-order valence-electron chi connectivity index (χ3n) is 5.51. The molecule has 35 heavy (non-hydrogen) atoms. The summed E-state index contributed by atoms with van der Waals surface area (Å²) in [5, 5.41) is 0. The Balaban J connectivity index is 1.60. The van der Waals surface area contributed by atoms with Crippen LogP contribution in [0.4, 0.5) is 26.3 Å². The van der Waals surface area contributed by atoms with Gasteiger partial charge in [0.15, 0.2) is 29.1 Å². The second-order valence-electron chi connectivity index (χ2n) is 7.96. The zero-order valence-corrected chi connectivity index (χ0v) is 18.6. The molecule has 1 aromatic heterocycles. The van der Waals surface area contributed by atoms with Crippen LogP contribution in [-0.4, -0.2) is 4.98 Å². The number of benzene rings is 3. The summed E-state index contributed by atoms with van der Waals surface area (Å²) in [5.41, 5.74) is 1.50. The van der Waals surface area contributed by atoms with E-state index in [-0.39, 0.29) is 16.7 Å². The number of pyridine rings is 1. The molecule has 0 aliphatic rings. The third kappa shape index (κ3) is 5.14. The highest BCUT2D eigenvalue weighted by atomic mass is 19.2. The molecule has 0 unspecified atom stereocenters. The van der Waals surface area contributed by atoms with Gasteiger partial charge in [-0.25, -0.2) is 26.3 Å². The normalized spacial score (nSPS) is 12.0. The van der Waals surface area contributed by atoms with Gasteiger partial charge in [0.25, 0.3) is 0 Å². The van der Waals surface area contributed by atoms with Crippen molar-refractivity contribution in [1.29, 1.82) is 0 Å². The lowest BCUT2D eigenvalue weighted by Gasteiger charge is -2.08. The monoisotopic (exact) mass is 483 g/mol. The van der Waals surface area contributed by atoms with E-state index in [1.165, 1.54) is 12.1 Å². The second kappa shape index (κ2) is 10.2. The van der Waals surface area contributed by atoms with Gasteiger partial charge >= 0.3 is 0 Å². The van der Waals surface area contributed by atoms with Crippen LogP contribution in [0.1, 0.15) is 30.0 Å². The number of hydrogen-bond acceptors (Lipinski definition) is 1. The molecule has 0 saturated carbocycles. The molecule has 0 saturated heterocycles. The molecule has 178 valence electrons. The van der Waals surface area contributed by atoms with Crippen LogP contribution in [0.5, 0.6) is 0 Å². The Hall–Kier alpha value is -3.87. The molecular weight excluding hydrogens is 464 g/mol. The van der Waals surface area contributed by atoms with Crippen molar-refractivity contribution in [1.82, 2.24) is 4.98 Å². The van der Waals surface area contributed by atoms with Gasteiger partial charge in [-0.05, 0) is 41.8 Å².